The Morgan fingerprint density at radius 3 is 2.47 bits per heavy atom. The summed E-state index contributed by atoms with van der Waals surface area (Å²) in [5.41, 5.74) is 10.6. The van der Waals surface area contributed by atoms with Gasteiger partial charge in [0.05, 0.1) is 25.6 Å². The molecule has 1 aromatic heterocycles. The number of carbonyl (C=O) groups excluding carboxylic acids is 2. The number of benzene rings is 2. The molecular weight excluding hydrogens is 751 g/mol. The van der Waals surface area contributed by atoms with Crippen LogP contribution >= 0.6 is 0 Å². The van der Waals surface area contributed by atoms with Crippen LogP contribution in [0.3, 0.4) is 0 Å². The highest BCUT2D eigenvalue weighted by Crippen LogP contribution is 2.55. The topological polar surface area (TPSA) is 155 Å². The molecule has 3 aromatic rings. The van der Waals surface area contributed by atoms with E-state index in [2.05, 4.69) is 49.7 Å². The summed E-state index contributed by atoms with van der Waals surface area (Å²) in [4.78, 5) is 37.9. The third kappa shape index (κ3) is 9.06. The SMILES string of the molecule is CCC[C@@H]([C@@H]1C[C@@H](C2(c3ccnc(N)c3)CCCC2)C[C@H]2C#C[C@H](c3ccccc3)c3cc(O)c(OC)cc3CCC(=O)[C@H](O)C(=O)[C@H]2C1)[C@H](O)CC1=C[C+](C(C)C)C=N1. The predicted octanol–water partition coefficient (Wildman–Crippen LogP) is 8.49. The number of nitrogen functional groups attached to an aromatic ring is 1. The molecule has 9 nitrogen and oxygen atoms in total. The number of hydrogen-bond donors (Lipinski definition) is 4. The minimum absolute atomic E-state index is 0.0273. The van der Waals surface area contributed by atoms with E-state index in [4.69, 9.17) is 15.5 Å². The summed E-state index contributed by atoms with van der Waals surface area (Å²) >= 11 is 0. The van der Waals surface area contributed by atoms with Crippen molar-refractivity contribution in [3.05, 3.63) is 101 Å². The third-order valence-corrected chi connectivity index (χ3v) is 14.2. The van der Waals surface area contributed by atoms with Crippen LogP contribution in [-0.4, -0.2) is 57.4 Å². The average molecular weight is 813 g/mol. The van der Waals surface area contributed by atoms with E-state index in [1.165, 1.54) is 7.11 Å². The van der Waals surface area contributed by atoms with Crippen molar-refractivity contribution in [1.29, 1.82) is 0 Å². The number of aromatic nitrogens is 1. The summed E-state index contributed by atoms with van der Waals surface area (Å²) < 4.78 is 5.49. The number of aliphatic imine (C=N–C) groups is 1. The Morgan fingerprint density at radius 1 is 1.02 bits per heavy atom. The number of hydrogen-bond acceptors (Lipinski definition) is 9. The molecule has 60 heavy (non-hydrogen) atoms. The molecule has 0 bridgehead atoms. The minimum atomic E-state index is -1.80. The molecule has 7 rings (SSSR count). The summed E-state index contributed by atoms with van der Waals surface area (Å²) in [5.74, 6) is 6.55. The van der Waals surface area contributed by atoms with E-state index in [1.807, 2.05) is 42.6 Å². The fourth-order valence-corrected chi connectivity index (χ4v) is 11.0. The first-order valence-electron chi connectivity index (χ1n) is 22.1. The summed E-state index contributed by atoms with van der Waals surface area (Å²) in [6.07, 6.45) is 11.2. The third-order valence-electron chi connectivity index (χ3n) is 14.2. The van der Waals surface area contributed by atoms with Crippen molar-refractivity contribution < 1.29 is 29.6 Å². The normalized spacial score (nSPS) is 26.4. The number of aliphatic hydroxyl groups excluding tert-OH is 2. The largest absolute Gasteiger partial charge is 0.504 e. The lowest BCUT2D eigenvalue weighted by molar-refractivity contribution is -0.142. The molecule has 1 aliphatic heterocycles. The molecule has 316 valence electrons. The molecule has 0 spiro atoms. The highest BCUT2D eigenvalue weighted by molar-refractivity contribution is 6.06. The van der Waals surface area contributed by atoms with Gasteiger partial charge in [-0.25, -0.2) is 4.98 Å². The van der Waals surface area contributed by atoms with Gasteiger partial charge in [0.25, 0.3) is 0 Å². The van der Waals surface area contributed by atoms with Crippen LogP contribution in [-0.2, 0) is 21.4 Å². The highest BCUT2D eigenvalue weighted by Gasteiger charge is 2.50. The van der Waals surface area contributed by atoms with E-state index < -0.39 is 41.5 Å². The number of allylic oxidation sites excluding steroid dienone is 1. The number of fused-ring (bicyclic) bond motifs is 2. The standard InChI is InChI=1S/C51H61N3O6/c1-5-11-41(45(56)28-39-24-36(30-54-39)31(2)3)35-23-38(51(19-9-10-20-51)37-18-21-53-48(52)27-37)22-33-14-16-40(32-12-7-6-8-13-32)42-29-46(57)47(60-4)26-34(42)15-17-44(55)50(59)49(58)43(33)25-35/h6-8,12-13,18,21,24,26-27,29-31,33,35,38,40-41,43,45,50,56,59H,5,9-11,15,17,19-20,22-23,25,28H2,1-4H3,(H2-,52,53,57)/p+1/t33-,35-,38+,40-,41+,43+,45-,50+/m1/s1. The molecule has 0 amide bonds. The van der Waals surface area contributed by atoms with Crippen molar-refractivity contribution >= 4 is 23.6 Å². The van der Waals surface area contributed by atoms with Gasteiger partial charge in [0, 0.05) is 30.4 Å². The first kappa shape index (κ1) is 43.2. The van der Waals surface area contributed by atoms with Crippen molar-refractivity contribution in [1.82, 2.24) is 4.98 Å². The maximum Gasteiger partial charge on any atom is 0.177 e. The van der Waals surface area contributed by atoms with E-state index in [1.54, 1.807) is 18.3 Å². The number of nitrogens with zero attached hydrogens (tertiary/aromatic N) is 2. The van der Waals surface area contributed by atoms with Crippen molar-refractivity contribution in [3.63, 3.8) is 0 Å². The van der Waals surface area contributed by atoms with Gasteiger partial charge in [-0.2, -0.15) is 0 Å². The maximum atomic E-state index is 14.9. The number of nitrogens with two attached hydrogens (primary N) is 1. The van der Waals surface area contributed by atoms with Crippen molar-refractivity contribution in [2.75, 3.05) is 12.8 Å². The van der Waals surface area contributed by atoms with E-state index in [0.717, 1.165) is 78.8 Å². The van der Waals surface area contributed by atoms with E-state index >= 15 is 0 Å². The molecule has 2 fully saturated rings. The molecule has 2 aromatic carbocycles. The van der Waals surface area contributed by atoms with Gasteiger partial charge in [0.15, 0.2) is 34.9 Å². The van der Waals surface area contributed by atoms with Crippen LogP contribution < -0.4 is 10.5 Å². The lowest BCUT2D eigenvalue weighted by Crippen LogP contribution is -2.39. The lowest BCUT2D eigenvalue weighted by atomic mass is 9.63. The molecule has 4 aliphatic rings. The molecule has 3 aliphatic carbocycles. The Balaban J connectivity index is 1.39. The van der Waals surface area contributed by atoms with Crippen molar-refractivity contribution in [2.45, 2.75) is 121 Å². The van der Waals surface area contributed by atoms with Crippen LogP contribution in [0, 0.1) is 53.3 Å². The Morgan fingerprint density at radius 2 is 1.78 bits per heavy atom. The lowest BCUT2D eigenvalue weighted by Gasteiger charge is -2.41. The zero-order chi connectivity index (χ0) is 42.6. The number of ether oxygens (including phenoxy) is 1. The van der Waals surface area contributed by atoms with E-state index in [0.29, 0.717) is 31.0 Å². The van der Waals surface area contributed by atoms with Gasteiger partial charge < -0.3 is 25.8 Å². The van der Waals surface area contributed by atoms with Gasteiger partial charge in [-0.15, -0.1) is 4.99 Å². The number of rotatable bonds is 11. The van der Waals surface area contributed by atoms with Crippen LogP contribution in [0.4, 0.5) is 5.82 Å². The highest BCUT2D eigenvalue weighted by atomic mass is 16.5. The molecule has 5 N–H and O–H groups in total. The smallest absolute Gasteiger partial charge is 0.177 e. The number of methoxy groups -OCH3 is 1. The van der Waals surface area contributed by atoms with Crippen molar-refractivity contribution in [2.24, 2.45) is 40.5 Å². The van der Waals surface area contributed by atoms with Crippen LogP contribution in [0.5, 0.6) is 11.5 Å². The molecular formula is C51H62N3O6+. The molecule has 8 atom stereocenters. The monoisotopic (exact) mass is 812 g/mol. The predicted molar refractivity (Wildman–Crippen MR) is 235 cm³/mol. The van der Waals surface area contributed by atoms with Crippen LogP contribution in [0.15, 0.2) is 77.6 Å². The number of pyridine rings is 1. The van der Waals surface area contributed by atoms with Gasteiger partial charge in [0.2, 0.25) is 0 Å². The van der Waals surface area contributed by atoms with Gasteiger partial charge in [0.1, 0.15) is 24.0 Å². The number of aryl methyl sites for hydroxylation is 1. The summed E-state index contributed by atoms with van der Waals surface area (Å²) in [5, 5.41) is 35.1. The number of phenols is 1. The average Bonchev–Trinajstić information content (AvgIpc) is 3.90. The summed E-state index contributed by atoms with van der Waals surface area (Å²) in [6.45, 7) is 6.41. The molecule has 0 radical (unpaired) electrons. The number of aliphatic hydroxyl groups is 2. The number of phenolic OH excluding ortho intramolecular Hbond substituents is 1. The number of carbonyl (C=O) groups is 2. The molecule has 2 heterocycles. The van der Waals surface area contributed by atoms with E-state index in [9.17, 15) is 24.9 Å². The molecule has 2 saturated carbocycles. The minimum Gasteiger partial charge on any atom is -0.504 e. The van der Waals surface area contributed by atoms with Crippen LogP contribution in [0.25, 0.3) is 0 Å². The Labute approximate surface area is 356 Å². The quantitative estimate of drug-likeness (QED) is 0.0854. The Bertz CT molecular complexity index is 2130. The van der Waals surface area contributed by atoms with Crippen LogP contribution in [0.2, 0.25) is 0 Å². The second-order valence-corrected chi connectivity index (χ2v) is 18.1. The van der Waals surface area contributed by atoms with Gasteiger partial charge >= 0.3 is 0 Å². The Hall–Kier alpha value is -4.91. The van der Waals surface area contributed by atoms with E-state index in [-0.39, 0.29) is 47.5 Å². The molecule has 0 saturated heterocycles. The zero-order valence-corrected chi connectivity index (χ0v) is 35.6. The molecule has 0 unspecified atom stereocenters. The van der Waals surface area contributed by atoms with Crippen LogP contribution in [0.1, 0.15) is 120 Å². The number of anilines is 1. The molecule has 9 heteroatoms. The van der Waals surface area contributed by atoms with Gasteiger partial charge in [-0.05, 0) is 128 Å². The first-order chi connectivity index (χ1) is 28.9. The second kappa shape index (κ2) is 18.8. The maximum absolute atomic E-state index is 14.9. The Kier molecular flexibility index (Phi) is 13.5. The number of aromatic hydroxyl groups is 1. The number of Topliss-reactive ketones (excluding diaryl/α,β-unsaturated/α-hetero) is 2. The van der Waals surface area contributed by atoms with Gasteiger partial charge in [-0.3, -0.25) is 9.59 Å². The summed E-state index contributed by atoms with van der Waals surface area (Å²) in [7, 11) is 1.48. The fraction of sp³-hybridized carbons (Fsp3) is 0.510. The van der Waals surface area contributed by atoms with Crippen molar-refractivity contribution in [3.8, 4) is 23.3 Å². The fourth-order valence-electron chi connectivity index (χ4n) is 11.0. The summed E-state index contributed by atoms with van der Waals surface area (Å²) in [6, 6.07) is 17.4. The second-order valence-electron chi connectivity index (χ2n) is 18.1. The zero-order valence-electron chi connectivity index (χ0n) is 35.6. The first-order valence-corrected chi connectivity index (χ1v) is 22.1. The van der Waals surface area contributed by atoms with Gasteiger partial charge in [-0.1, -0.05) is 68.4 Å². The number of ketones is 2.